The van der Waals surface area contributed by atoms with Gasteiger partial charge in [0.05, 0.1) is 25.4 Å². The molecule has 6 heteroatoms. The van der Waals surface area contributed by atoms with Crippen LogP contribution < -0.4 is 10.6 Å². The molecule has 1 aliphatic heterocycles. The van der Waals surface area contributed by atoms with Gasteiger partial charge in [-0.25, -0.2) is 4.39 Å². The van der Waals surface area contributed by atoms with Gasteiger partial charge in [0.25, 0.3) is 0 Å². The first kappa shape index (κ1) is 19.5. The molecular formula is C21H25FN2O3. The summed E-state index contributed by atoms with van der Waals surface area (Å²) in [6.07, 6.45) is 0. The number of hydrogen-bond acceptors (Lipinski definition) is 4. The van der Waals surface area contributed by atoms with Gasteiger partial charge in [0, 0.05) is 30.1 Å². The molecule has 3 N–H and O–H groups in total. The number of anilines is 1. The van der Waals surface area contributed by atoms with Gasteiger partial charge in [0.1, 0.15) is 5.82 Å². The predicted molar refractivity (Wildman–Crippen MR) is 102 cm³/mol. The van der Waals surface area contributed by atoms with E-state index in [2.05, 4.69) is 10.6 Å². The molecule has 0 unspecified atom stereocenters. The molecule has 2 aromatic carbocycles. The van der Waals surface area contributed by atoms with Crippen molar-refractivity contribution in [2.75, 3.05) is 25.1 Å². The molecule has 3 rings (SSSR count). The van der Waals surface area contributed by atoms with Crippen molar-refractivity contribution in [1.29, 1.82) is 0 Å². The Morgan fingerprint density at radius 1 is 1.22 bits per heavy atom. The molecule has 0 radical (unpaired) electrons. The van der Waals surface area contributed by atoms with E-state index in [4.69, 9.17) is 4.74 Å². The second-order valence-corrected chi connectivity index (χ2v) is 7.33. The molecule has 1 fully saturated rings. The number of ether oxygens (including phenoxy) is 1. The lowest BCUT2D eigenvalue weighted by atomic mass is 9.69. The SMILES string of the molecule is CC(=O)Nc1ccc(F)c([C@]2(NCc3ccccc3)COC[C@@]2(C)CO)c1. The summed E-state index contributed by atoms with van der Waals surface area (Å²) in [6, 6.07) is 14.3. The molecule has 144 valence electrons. The van der Waals surface area contributed by atoms with Crippen molar-refractivity contribution in [2.45, 2.75) is 25.9 Å². The van der Waals surface area contributed by atoms with Crippen LogP contribution in [0.1, 0.15) is 25.0 Å². The molecule has 0 bridgehead atoms. The minimum absolute atomic E-state index is 0.168. The van der Waals surface area contributed by atoms with E-state index in [1.807, 2.05) is 37.3 Å². The number of benzene rings is 2. The molecule has 2 aromatic rings. The molecule has 0 spiro atoms. The highest BCUT2D eigenvalue weighted by atomic mass is 19.1. The maximum Gasteiger partial charge on any atom is 0.221 e. The number of aliphatic hydroxyl groups excluding tert-OH is 1. The summed E-state index contributed by atoms with van der Waals surface area (Å²) >= 11 is 0. The second kappa shape index (κ2) is 7.76. The van der Waals surface area contributed by atoms with Gasteiger partial charge in [0.15, 0.2) is 0 Å². The zero-order valence-electron chi connectivity index (χ0n) is 15.6. The van der Waals surface area contributed by atoms with E-state index in [1.54, 1.807) is 6.07 Å². The first-order valence-electron chi connectivity index (χ1n) is 8.95. The molecule has 5 nitrogen and oxygen atoms in total. The van der Waals surface area contributed by atoms with Crippen molar-refractivity contribution in [3.05, 3.63) is 65.5 Å². The Labute approximate surface area is 158 Å². The summed E-state index contributed by atoms with van der Waals surface area (Å²) in [7, 11) is 0. The van der Waals surface area contributed by atoms with E-state index in [-0.39, 0.29) is 19.1 Å². The topological polar surface area (TPSA) is 70.6 Å². The summed E-state index contributed by atoms with van der Waals surface area (Å²) in [4.78, 5) is 11.4. The van der Waals surface area contributed by atoms with Crippen molar-refractivity contribution >= 4 is 11.6 Å². The first-order valence-corrected chi connectivity index (χ1v) is 8.95. The summed E-state index contributed by atoms with van der Waals surface area (Å²) in [6.45, 7) is 4.13. The maximum absolute atomic E-state index is 14.9. The number of carbonyl (C=O) groups excluding carboxylic acids is 1. The van der Waals surface area contributed by atoms with Gasteiger partial charge in [-0.2, -0.15) is 0 Å². The molecule has 2 atom stereocenters. The third-order valence-corrected chi connectivity index (χ3v) is 5.30. The Balaban J connectivity index is 2.04. The summed E-state index contributed by atoms with van der Waals surface area (Å²) in [5, 5.41) is 16.3. The molecule has 0 aliphatic carbocycles. The Morgan fingerprint density at radius 3 is 2.63 bits per heavy atom. The average molecular weight is 372 g/mol. The highest BCUT2D eigenvalue weighted by Crippen LogP contribution is 2.46. The van der Waals surface area contributed by atoms with Crippen LogP contribution >= 0.6 is 0 Å². The number of hydrogen-bond donors (Lipinski definition) is 3. The average Bonchev–Trinajstić information content (AvgIpc) is 3.00. The summed E-state index contributed by atoms with van der Waals surface area (Å²) in [5.74, 6) is -0.638. The molecule has 27 heavy (non-hydrogen) atoms. The lowest BCUT2D eigenvalue weighted by Crippen LogP contribution is -2.55. The predicted octanol–water partition coefficient (Wildman–Crippen LogP) is 2.80. The molecular weight excluding hydrogens is 347 g/mol. The number of rotatable bonds is 6. The lowest BCUT2D eigenvalue weighted by molar-refractivity contribution is -0.114. The van der Waals surface area contributed by atoms with Crippen LogP contribution in [0.5, 0.6) is 0 Å². The lowest BCUT2D eigenvalue weighted by Gasteiger charge is -2.42. The number of aliphatic hydroxyl groups is 1. The van der Waals surface area contributed by atoms with E-state index in [0.29, 0.717) is 24.4 Å². The summed E-state index contributed by atoms with van der Waals surface area (Å²) in [5.41, 5.74) is 0.265. The number of amides is 1. The Kier molecular flexibility index (Phi) is 5.60. The minimum atomic E-state index is -0.934. The zero-order chi connectivity index (χ0) is 19.5. The molecule has 1 amide bonds. The highest BCUT2D eigenvalue weighted by Gasteiger charge is 2.55. The van der Waals surface area contributed by atoms with Crippen LogP contribution in [0.25, 0.3) is 0 Å². The molecule has 1 heterocycles. The molecule has 0 aromatic heterocycles. The van der Waals surface area contributed by atoms with E-state index in [9.17, 15) is 14.3 Å². The van der Waals surface area contributed by atoms with Crippen molar-refractivity contribution in [2.24, 2.45) is 5.41 Å². The fourth-order valence-electron chi connectivity index (χ4n) is 3.65. The normalized spacial score (nSPS) is 24.7. The molecule has 1 aliphatic rings. The van der Waals surface area contributed by atoms with Gasteiger partial charge in [0.2, 0.25) is 5.91 Å². The maximum atomic E-state index is 14.9. The fraction of sp³-hybridized carbons (Fsp3) is 0.381. The van der Waals surface area contributed by atoms with Crippen LogP contribution in [0.2, 0.25) is 0 Å². The van der Waals surface area contributed by atoms with E-state index >= 15 is 0 Å². The number of halogens is 1. The Morgan fingerprint density at radius 2 is 1.96 bits per heavy atom. The second-order valence-electron chi connectivity index (χ2n) is 7.33. The van der Waals surface area contributed by atoms with Crippen LogP contribution in [0.4, 0.5) is 10.1 Å². The largest absolute Gasteiger partial charge is 0.396 e. The van der Waals surface area contributed by atoms with Crippen LogP contribution in [0.3, 0.4) is 0 Å². The minimum Gasteiger partial charge on any atom is -0.396 e. The molecule has 1 saturated heterocycles. The number of nitrogens with one attached hydrogen (secondary N) is 2. The smallest absolute Gasteiger partial charge is 0.221 e. The van der Waals surface area contributed by atoms with Crippen molar-refractivity contribution in [3.63, 3.8) is 0 Å². The Hall–Kier alpha value is -2.28. The van der Waals surface area contributed by atoms with E-state index < -0.39 is 16.8 Å². The highest BCUT2D eigenvalue weighted by molar-refractivity contribution is 5.88. The third kappa shape index (κ3) is 3.74. The van der Waals surface area contributed by atoms with Crippen LogP contribution in [0, 0.1) is 11.2 Å². The quantitative estimate of drug-likeness (QED) is 0.729. The van der Waals surface area contributed by atoms with Gasteiger partial charge in [-0.1, -0.05) is 37.3 Å². The van der Waals surface area contributed by atoms with Crippen molar-refractivity contribution in [3.8, 4) is 0 Å². The fourth-order valence-corrected chi connectivity index (χ4v) is 3.65. The molecule has 0 saturated carbocycles. The number of carbonyl (C=O) groups is 1. The third-order valence-electron chi connectivity index (χ3n) is 5.30. The van der Waals surface area contributed by atoms with Crippen molar-refractivity contribution < 1.29 is 19.0 Å². The van der Waals surface area contributed by atoms with Gasteiger partial charge in [-0.3, -0.25) is 4.79 Å². The van der Waals surface area contributed by atoms with Crippen LogP contribution in [0.15, 0.2) is 48.5 Å². The van der Waals surface area contributed by atoms with Crippen LogP contribution in [-0.4, -0.2) is 30.8 Å². The monoisotopic (exact) mass is 372 g/mol. The van der Waals surface area contributed by atoms with Gasteiger partial charge >= 0.3 is 0 Å². The van der Waals surface area contributed by atoms with Gasteiger partial charge in [-0.05, 0) is 23.8 Å². The van der Waals surface area contributed by atoms with Gasteiger partial charge in [-0.15, -0.1) is 0 Å². The Bertz CT molecular complexity index is 814. The first-order chi connectivity index (χ1) is 12.9. The van der Waals surface area contributed by atoms with E-state index in [1.165, 1.54) is 19.1 Å². The van der Waals surface area contributed by atoms with Gasteiger partial charge < -0.3 is 20.5 Å². The van der Waals surface area contributed by atoms with E-state index in [0.717, 1.165) is 5.56 Å². The van der Waals surface area contributed by atoms with Crippen LogP contribution in [-0.2, 0) is 21.6 Å². The van der Waals surface area contributed by atoms with Crippen molar-refractivity contribution in [1.82, 2.24) is 5.32 Å². The zero-order valence-corrected chi connectivity index (χ0v) is 15.6. The summed E-state index contributed by atoms with van der Waals surface area (Å²) < 4.78 is 20.6. The standard InChI is InChI=1S/C21H25FN2O3/c1-15(26)24-17-8-9-19(22)18(10-17)21(14-27-13-20(21,2)12-25)23-11-16-6-4-3-5-7-16/h3-10,23,25H,11-14H2,1-2H3,(H,24,26)/t20-,21-/m1/s1.